The lowest BCUT2D eigenvalue weighted by Crippen LogP contribution is -2.16. The van der Waals surface area contributed by atoms with Gasteiger partial charge in [-0.3, -0.25) is 0 Å². The first kappa shape index (κ1) is 14.1. The van der Waals surface area contributed by atoms with Crippen LogP contribution in [0.2, 0.25) is 0 Å². The summed E-state index contributed by atoms with van der Waals surface area (Å²) in [5.74, 6) is -1.62. The molecule has 2 nitrogen and oxygen atoms in total. The average molecular weight is 304 g/mol. The fourth-order valence-corrected chi connectivity index (χ4v) is 3.07. The van der Waals surface area contributed by atoms with Crippen LogP contribution in [0, 0.1) is 11.6 Å². The number of fused-ring (bicyclic) bond motifs is 1. The molecule has 0 saturated carbocycles. The first-order valence-corrected chi connectivity index (χ1v) is 7.53. The summed E-state index contributed by atoms with van der Waals surface area (Å²) in [4.78, 5) is 4.55. The number of nitrogens with zero attached hydrogens (tertiary/aromatic N) is 1. The summed E-state index contributed by atoms with van der Waals surface area (Å²) in [5.41, 5.74) is 1.76. The Morgan fingerprint density at radius 2 is 1.90 bits per heavy atom. The fraction of sp³-hybridized carbons (Fsp3) is 0.188. The molecule has 0 aliphatic carbocycles. The van der Waals surface area contributed by atoms with Crippen molar-refractivity contribution in [3.8, 4) is 0 Å². The van der Waals surface area contributed by atoms with E-state index in [0.29, 0.717) is 6.54 Å². The number of rotatable bonds is 5. The van der Waals surface area contributed by atoms with E-state index in [9.17, 15) is 8.78 Å². The normalized spacial score (nSPS) is 11.1. The van der Waals surface area contributed by atoms with Crippen LogP contribution >= 0.6 is 11.3 Å². The zero-order valence-electron chi connectivity index (χ0n) is 11.3. The first-order chi connectivity index (χ1) is 10.2. The van der Waals surface area contributed by atoms with Gasteiger partial charge in [-0.1, -0.05) is 18.2 Å². The number of hydrogen-bond donors (Lipinski definition) is 1. The van der Waals surface area contributed by atoms with E-state index in [1.807, 2.05) is 18.2 Å². The van der Waals surface area contributed by atoms with E-state index in [2.05, 4.69) is 16.4 Å². The summed E-state index contributed by atoms with van der Waals surface area (Å²) in [5, 5.41) is 4.30. The van der Waals surface area contributed by atoms with Crippen molar-refractivity contribution in [1.82, 2.24) is 10.3 Å². The van der Waals surface area contributed by atoms with Gasteiger partial charge in [0.05, 0.1) is 15.2 Å². The lowest BCUT2D eigenvalue weighted by atomic mass is 10.2. The van der Waals surface area contributed by atoms with Crippen LogP contribution in [-0.4, -0.2) is 11.5 Å². The number of aromatic nitrogens is 1. The van der Waals surface area contributed by atoms with Crippen molar-refractivity contribution < 1.29 is 8.78 Å². The highest BCUT2D eigenvalue weighted by atomic mass is 32.1. The summed E-state index contributed by atoms with van der Waals surface area (Å²) in [7, 11) is 0. The molecule has 0 saturated heterocycles. The van der Waals surface area contributed by atoms with E-state index in [4.69, 9.17) is 0 Å². The minimum atomic E-state index is -0.812. The molecule has 3 aromatic rings. The maximum Gasteiger partial charge on any atom is 0.159 e. The molecule has 5 heteroatoms. The van der Waals surface area contributed by atoms with E-state index < -0.39 is 11.6 Å². The van der Waals surface area contributed by atoms with Gasteiger partial charge in [0, 0.05) is 19.5 Å². The fourth-order valence-electron chi connectivity index (χ4n) is 2.10. The van der Waals surface area contributed by atoms with Crippen LogP contribution in [0.3, 0.4) is 0 Å². The molecular formula is C16H14F2N2S. The zero-order chi connectivity index (χ0) is 14.7. The second-order valence-corrected chi connectivity index (χ2v) is 5.87. The average Bonchev–Trinajstić information content (AvgIpc) is 2.90. The largest absolute Gasteiger partial charge is 0.312 e. The molecule has 21 heavy (non-hydrogen) atoms. The Hall–Kier alpha value is -1.85. The molecule has 108 valence electrons. The van der Waals surface area contributed by atoms with Crippen molar-refractivity contribution in [2.75, 3.05) is 6.54 Å². The van der Waals surface area contributed by atoms with Gasteiger partial charge in [-0.05, 0) is 29.8 Å². The summed E-state index contributed by atoms with van der Waals surface area (Å²) in [6.45, 7) is 1.26. The highest BCUT2D eigenvalue weighted by Crippen LogP contribution is 2.21. The molecule has 0 aliphatic rings. The Balaban J connectivity index is 1.52. The zero-order valence-corrected chi connectivity index (χ0v) is 12.1. The number of benzene rings is 2. The molecule has 0 fully saturated rings. The molecule has 1 aromatic heterocycles. The lowest BCUT2D eigenvalue weighted by molar-refractivity contribution is 0.506. The summed E-state index contributed by atoms with van der Waals surface area (Å²) >= 11 is 1.69. The number of hydrogen-bond acceptors (Lipinski definition) is 3. The van der Waals surface area contributed by atoms with E-state index in [1.165, 1.54) is 10.8 Å². The third-order valence-electron chi connectivity index (χ3n) is 3.17. The number of para-hydroxylation sites is 1. The summed E-state index contributed by atoms with van der Waals surface area (Å²) in [6, 6.07) is 12.0. The molecule has 0 radical (unpaired) electrons. The summed E-state index contributed by atoms with van der Waals surface area (Å²) in [6.07, 6.45) is 0.822. The Labute approximate surface area is 125 Å². The number of thiazole rings is 1. The van der Waals surface area contributed by atoms with E-state index in [0.717, 1.165) is 35.1 Å². The van der Waals surface area contributed by atoms with Crippen LogP contribution in [-0.2, 0) is 13.0 Å². The topological polar surface area (TPSA) is 24.9 Å². The van der Waals surface area contributed by atoms with Gasteiger partial charge in [0.1, 0.15) is 0 Å². The SMILES string of the molecule is Fc1ccc(CNCCc2nc3ccccc3s2)cc1F. The number of nitrogens with one attached hydrogen (secondary N) is 1. The predicted octanol–water partition coefficient (Wildman–Crippen LogP) is 3.91. The molecule has 0 unspecified atom stereocenters. The monoisotopic (exact) mass is 304 g/mol. The van der Waals surface area contributed by atoms with Gasteiger partial charge < -0.3 is 5.32 Å². The molecule has 2 aromatic carbocycles. The van der Waals surface area contributed by atoms with Crippen molar-refractivity contribution in [2.24, 2.45) is 0 Å². The first-order valence-electron chi connectivity index (χ1n) is 6.71. The lowest BCUT2D eigenvalue weighted by Gasteiger charge is -2.04. The maximum absolute atomic E-state index is 13.1. The maximum atomic E-state index is 13.1. The van der Waals surface area contributed by atoms with Crippen molar-refractivity contribution in [3.05, 3.63) is 64.7 Å². The van der Waals surface area contributed by atoms with Crippen LogP contribution in [0.4, 0.5) is 8.78 Å². The van der Waals surface area contributed by atoms with Gasteiger partial charge in [0.2, 0.25) is 0 Å². The Bertz CT molecular complexity index is 722. The minimum absolute atomic E-state index is 0.516. The van der Waals surface area contributed by atoms with Crippen molar-refractivity contribution >= 4 is 21.6 Å². The molecule has 0 atom stereocenters. The predicted molar refractivity (Wildman–Crippen MR) is 81.4 cm³/mol. The molecule has 0 amide bonds. The van der Waals surface area contributed by atoms with Gasteiger partial charge in [0.15, 0.2) is 11.6 Å². The Kier molecular flexibility index (Phi) is 4.22. The van der Waals surface area contributed by atoms with E-state index in [1.54, 1.807) is 17.4 Å². The highest BCUT2D eigenvalue weighted by Gasteiger charge is 2.04. The van der Waals surface area contributed by atoms with Crippen LogP contribution in [0.15, 0.2) is 42.5 Å². The third kappa shape index (κ3) is 3.43. The van der Waals surface area contributed by atoms with Gasteiger partial charge >= 0.3 is 0 Å². The highest BCUT2D eigenvalue weighted by molar-refractivity contribution is 7.18. The smallest absolute Gasteiger partial charge is 0.159 e. The van der Waals surface area contributed by atoms with E-state index in [-0.39, 0.29) is 0 Å². The van der Waals surface area contributed by atoms with Gasteiger partial charge in [-0.25, -0.2) is 13.8 Å². The molecular weight excluding hydrogens is 290 g/mol. The third-order valence-corrected chi connectivity index (χ3v) is 4.26. The quantitative estimate of drug-likeness (QED) is 0.723. The molecule has 1 heterocycles. The molecule has 3 rings (SSSR count). The summed E-state index contributed by atoms with van der Waals surface area (Å²) < 4.78 is 27.1. The van der Waals surface area contributed by atoms with Crippen molar-refractivity contribution in [1.29, 1.82) is 0 Å². The van der Waals surface area contributed by atoms with Gasteiger partial charge in [-0.2, -0.15) is 0 Å². The minimum Gasteiger partial charge on any atom is -0.312 e. The molecule has 0 bridgehead atoms. The second-order valence-electron chi connectivity index (χ2n) is 4.75. The standard InChI is InChI=1S/C16H14F2N2S/c17-12-6-5-11(9-13(12)18)10-19-8-7-16-20-14-3-1-2-4-15(14)21-16/h1-6,9,19H,7-8,10H2. The number of halogens is 2. The molecule has 0 spiro atoms. The van der Waals surface area contributed by atoms with Crippen LogP contribution in [0.1, 0.15) is 10.6 Å². The Morgan fingerprint density at radius 1 is 1.05 bits per heavy atom. The Morgan fingerprint density at radius 3 is 2.71 bits per heavy atom. The molecule has 0 aliphatic heterocycles. The van der Waals surface area contributed by atoms with Crippen molar-refractivity contribution in [2.45, 2.75) is 13.0 Å². The van der Waals surface area contributed by atoms with Crippen LogP contribution < -0.4 is 5.32 Å². The van der Waals surface area contributed by atoms with Crippen LogP contribution in [0.5, 0.6) is 0 Å². The second kappa shape index (κ2) is 6.28. The van der Waals surface area contributed by atoms with Gasteiger partial charge in [0.25, 0.3) is 0 Å². The van der Waals surface area contributed by atoms with E-state index >= 15 is 0 Å². The molecule has 1 N–H and O–H groups in total. The van der Waals surface area contributed by atoms with Gasteiger partial charge in [-0.15, -0.1) is 11.3 Å². The van der Waals surface area contributed by atoms with Crippen molar-refractivity contribution in [3.63, 3.8) is 0 Å². The van der Waals surface area contributed by atoms with Crippen LogP contribution in [0.25, 0.3) is 10.2 Å².